The molecule has 0 aromatic heterocycles. The lowest BCUT2D eigenvalue weighted by molar-refractivity contribution is 5.85. The van der Waals surface area contributed by atoms with Crippen LogP contribution in [-0.4, -0.2) is 0 Å². The summed E-state index contributed by atoms with van der Waals surface area (Å²) in [4.78, 5) is 0. The number of halogens is 4. The van der Waals surface area contributed by atoms with Gasteiger partial charge in [0, 0.05) is 27.0 Å². The lowest BCUT2D eigenvalue weighted by atomic mass is 32.1. The van der Waals surface area contributed by atoms with E-state index in [9.17, 15) is 0 Å². The maximum absolute atomic E-state index is 0. The van der Waals surface area contributed by atoms with Gasteiger partial charge in [-0.1, -0.05) is 0 Å². The Morgan fingerprint density at radius 3 is 0.333 bits per heavy atom. The molecule has 0 unspecified atom stereocenters. The molecule has 0 spiro atoms. The maximum Gasteiger partial charge on any atom is 0 e. The van der Waals surface area contributed by atoms with Gasteiger partial charge in [0.1, 0.15) is 0 Å². The topological polar surface area (TPSA) is 0 Å². The highest BCUT2D eigenvalue weighted by Gasteiger charge is 0.00106. The normalized spacial score (nSPS) is 0. The van der Waals surface area contributed by atoms with Crippen molar-refractivity contribution in [3.05, 3.63) is 0 Å². The van der Waals surface area contributed by atoms with Crippen LogP contribution in [0.5, 0.6) is 0 Å². The van der Waals surface area contributed by atoms with Gasteiger partial charge in [0.05, 0.1) is 0 Å². The van der Waals surface area contributed by atoms with Gasteiger partial charge in [0.15, 0.2) is 0 Å². The zero-order valence-electron chi connectivity index (χ0n) is 2.45. The summed E-state index contributed by atoms with van der Waals surface area (Å²) < 4.78 is 0. The largest absolute Gasteiger partial charge is 0.147 e. The van der Waals surface area contributed by atoms with E-state index in [1.807, 2.05) is 0 Å². The lowest BCUT2D eigenvalue weighted by Crippen LogP contribution is 0.647. The van der Waals surface area contributed by atoms with E-state index in [1.165, 1.54) is 0 Å². The van der Waals surface area contributed by atoms with Crippen LogP contribution in [0.25, 0.3) is 0 Å². The molecule has 0 aliphatic carbocycles. The van der Waals surface area contributed by atoms with Crippen molar-refractivity contribution in [2.75, 3.05) is 0 Å². The molecular weight excluding hydrogens is 206 g/mol. The highest BCUT2D eigenvalue weighted by atomic mass is 35.5. The molecule has 0 atom stereocenters. The van der Waals surface area contributed by atoms with E-state index in [0.717, 1.165) is 0 Å². The van der Waals surface area contributed by atoms with Gasteiger partial charge in [-0.2, -0.15) is 0 Å². The third-order valence-electron chi connectivity index (χ3n) is 0. The maximum atomic E-state index is 0. The predicted molar refractivity (Wildman–Crippen MR) is 44.2 cm³/mol. The van der Waals surface area contributed by atoms with Crippen LogP contribution in [0.2, 0.25) is 0 Å². The SMILES string of the molecule is Cl.Cl.Cl.Cl.[S].[S]. The molecule has 0 saturated carbocycles. The molecule has 0 fully saturated rings. The van der Waals surface area contributed by atoms with Gasteiger partial charge in [-0.05, 0) is 0 Å². The summed E-state index contributed by atoms with van der Waals surface area (Å²) in [5, 5.41) is 0. The second-order valence-electron chi connectivity index (χ2n) is 0. The Balaban J connectivity index is 0. The summed E-state index contributed by atoms with van der Waals surface area (Å²) in [6, 6.07) is 0. The molecule has 0 amide bonds. The van der Waals surface area contributed by atoms with E-state index in [0.29, 0.717) is 0 Å². The van der Waals surface area contributed by atoms with Crippen molar-refractivity contribution in [1.29, 1.82) is 0 Å². The molecule has 0 bridgehead atoms. The standard InChI is InChI=1S/4ClH.2S/h4*1H;;. The van der Waals surface area contributed by atoms with E-state index >= 15 is 0 Å². The van der Waals surface area contributed by atoms with E-state index in [4.69, 9.17) is 0 Å². The summed E-state index contributed by atoms with van der Waals surface area (Å²) in [5.74, 6) is 0. The van der Waals surface area contributed by atoms with Crippen molar-refractivity contribution < 1.29 is 0 Å². The molecule has 6 heteroatoms. The molecular formula is H4Cl4S2. The first-order valence-corrected chi connectivity index (χ1v) is 0. The zero-order chi connectivity index (χ0) is 0. The monoisotopic (exact) mass is 208 g/mol. The number of hydrogen-bond donors (Lipinski definition) is 0. The molecule has 0 saturated heterocycles. The minimum absolute atomic E-state index is 0. The van der Waals surface area contributed by atoms with Crippen LogP contribution in [0.1, 0.15) is 0 Å². The zero-order valence-corrected chi connectivity index (χ0v) is 7.35. The van der Waals surface area contributed by atoms with Crippen LogP contribution >= 0.6 is 76.6 Å². The van der Waals surface area contributed by atoms with Crippen molar-refractivity contribution in [2.45, 2.75) is 0 Å². The van der Waals surface area contributed by atoms with Gasteiger partial charge in [-0.15, -0.1) is 49.6 Å². The van der Waals surface area contributed by atoms with Crippen molar-refractivity contribution in [2.24, 2.45) is 0 Å². The second-order valence-corrected chi connectivity index (χ2v) is 0. The third kappa shape index (κ3) is 40.0. The fourth-order valence-electron chi connectivity index (χ4n) is 0. The number of hydrogen-bond acceptors (Lipinski definition) is 0. The molecule has 0 aliphatic heterocycles. The quantitative estimate of drug-likeness (QED) is 0.576. The first kappa shape index (κ1) is 107. The van der Waals surface area contributed by atoms with Crippen molar-refractivity contribution in [1.82, 2.24) is 0 Å². The van der Waals surface area contributed by atoms with Gasteiger partial charge in [0.2, 0.25) is 0 Å². The Bertz CT molecular complexity index is 5.51. The van der Waals surface area contributed by atoms with Gasteiger partial charge in [-0.3, -0.25) is 0 Å². The van der Waals surface area contributed by atoms with E-state index in [1.54, 1.807) is 0 Å². The highest BCUT2D eigenvalue weighted by molar-refractivity contribution is 7.59. The van der Waals surface area contributed by atoms with Crippen LogP contribution in [-0.2, 0) is 0 Å². The van der Waals surface area contributed by atoms with E-state index < -0.39 is 0 Å². The van der Waals surface area contributed by atoms with Crippen LogP contribution in [0.4, 0.5) is 0 Å². The lowest BCUT2D eigenvalue weighted by Gasteiger charge is -0.148. The Hall–Kier alpha value is 1.86. The minimum Gasteiger partial charge on any atom is -0.147 e. The van der Waals surface area contributed by atoms with Crippen LogP contribution < -0.4 is 0 Å². The van der Waals surface area contributed by atoms with Crippen LogP contribution in [0.3, 0.4) is 0 Å². The summed E-state index contributed by atoms with van der Waals surface area (Å²) in [6.07, 6.45) is 0. The fourth-order valence-corrected chi connectivity index (χ4v) is 0. The molecule has 0 heterocycles. The molecule has 0 nitrogen and oxygen atoms in total. The Labute approximate surface area is 76.4 Å². The molecule has 0 N–H and O–H groups in total. The minimum atomic E-state index is 0. The summed E-state index contributed by atoms with van der Waals surface area (Å²) in [5.41, 5.74) is 0. The molecule has 6 heavy (non-hydrogen) atoms. The molecule has 0 aromatic carbocycles. The van der Waals surface area contributed by atoms with E-state index in [-0.39, 0.29) is 76.6 Å². The summed E-state index contributed by atoms with van der Waals surface area (Å²) in [7, 11) is 0. The first-order chi connectivity index (χ1) is 0. The Morgan fingerprint density at radius 1 is 0.333 bits per heavy atom. The molecule has 0 aromatic rings. The highest BCUT2D eigenvalue weighted by Crippen LogP contribution is 0.693. The fraction of sp³-hybridized carbons (Fsp3) is 0. The third-order valence-corrected chi connectivity index (χ3v) is 0. The summed E-state index contributed by atoms with van der Waals surface area (Å²) >= 11 is 0. The summed E-state index contributed by atoms with van der Waals surface area (Å²) in [6.45, 7) is 0. The van der Waals surface area contributed by atoms with Gasteiger partial charge >= 0.3 is 0 Å². The van der Waals surface area contributed by atoms with Gasteiger partial charge < -0.3 is 0 Å². The molecule has 0 rings (SSSR count). The average molecular weight is 210 g/mol. The Kier molecular flexibility index (Phi) is 1210. The molecule has 4 radical (unpaired) electrons. The second kappa shape index (κ2) is 68.1. The Morgan fingerprint density at radius 2 is 0.333 bits per heavy atom. The van der Waals surface area contributed by atoms with Crippen LogP contribution in [0.15, 0.2) is 0 Å². The van der Waals surface area contributed by atoms with Gasteiger partial charge in [0.25, 0.3) is 0 Å². The predicted octanol–water partition coefficient (Wildman–Crippen LogP) is 2.98. The van der Waals surface area contributed by atoms with Crippen molar-refractivity contribution in [3.8, 4) is 0 Å². The van der Waals surface area contributed by atoms with Crippen LogP contribution in [0, 0.1) is 0 Å². The van der Waals surface area contributed by atoms with Crippen molar-refractivity contribution in [3.63, 3.8) is 0 Å². The molecule has 44 valence electrons. The van der Waals surface area contributed by atoms with Crippen molar-refractivity contribution >= 4 is 76.6 Å². The van der Waals surface area contributed by atoms with E-state index in [2.05, 4.69) is 0 Å². The first-order valence-electron chi connectivity index (χ1n) is 0. The molecule has 0 aliphatic rings. The smallest absolute Gasteiger partial charge is 0 e. The number of rotatable bonds is 0. The average Bonchev–Trinajstić information content (AvgIpc) is 0. The van der Waals surface area contributed by atoms with Gasteiger partial charge in [-0.25, -0.2) is 0 Å².